The predicted molar refractivity (Wildman–Crippen MR) is 181 cm³/mol. The number of thioether (sulfide) groups is 1. The third-order valence-corrected chi connectivity index (χ3v) is 8.40. The van der Waals surface area contributed by atoms with Crippen LogP contribution in [0.25, 0.3) is 17.1 Å². The Morgan fingerprint density at radius 3 is 2.57 bits per heavy atom. The Bertz CT molecular complexity index is 1760. The molecule has 9 nitrogen and oxygen atoms in total. The zero-order chi connectivity index (χ0) is 33.6. The van der Waals surface area contributed by atoms with Crippen LogP contribution in [0, 0.1) is 0 Å². The van der Waals surface area contributed by atoms with Crippen molar-refractivity contribution in [3.05, 3.63) is 84.2 Å². The van der Waals surface area contributed by atoms with Gasteiger partial charge in [0.25, 0.3) is 0 Å². The van der Waals surface area contributed by atoms with Crippen molar-refractivity contribution in [2.45, 2.75) is 45.4 Å². The van der Waals surface area contributed by atoms with Gasteiger partial charge in [0, 0.05) is 18.2 Å². The molecule has 2 heterocycles. The number of carbonyl (C=O) groups excluding carboxylic acids is 1. The molecule has 1 saturated heterocycles. The molecule has 0 unspecified atom stereocenters. The first-order chi connectivity index (χ1) is 22.5. The number of thiocarbonyl (C=S) groups is 1. The van der Waals surface area contributed by atoms with Gasteiger partial charge in [-0.2, -0.15) is 4.99 Å². The summed E-state index contributed by atoms with van der Waals surface area (Å²) in [6, 6.07) is 19.1. The van der Waals surface area contributed by atoms with E-state index in [-0.39, 0.29) is 17.6 Å². The van der Waals surface area contributed by atoms with Gasteiger partial charge in [-0.05, 0) is 84.9 Å². The molecule has 0 radical (unpaired) electrons. The van der Waals surface area contributed by atoms with Crippen LogP contribution in [-0.4, -0.2) is 56.7 Å². The van der Waals surface area contributed by atoms with Gasteiger partial charge in [0.05, 0.1) is 24.2 Å². The summed E-state index contributed by atoms with van der Waals surface area (Å²) < 4.78 is 48.2. The number of aryl methyl sites for hydroxylation is 1. The number of unbranched alkanes of at least 4 members (excludes halogenated alkanes) is 1. The van der Waals surface area contributed by atoms with Gasteiger partial charge in [-0.15, -0.1) is 18.3 Å². The first-order valence-corrected chi connectivity index (χ1v) is 16.3. The van der Waals surface area contributed by atoms with Crippen LogP contribution >= 0.6 is 24.0 Å². The number of aromatic nitrogens is 3. The van der Waals surface area contributed by atoms with Crippen molar-refractivity contribution in [1.29, 1.82) is 0 Å². The molecule has 3 aromatic carbocycles. The summed E-state index contributed by atoms with van der Waals surface area (Å²) >= 11 is 6.86. The number of rotatable bonds is 11. The Hall–Kier alpha value is -4.43. The zero-order valence-corrected chi connectivity index (χ0v) is 27.6. The molecular formula is C33H33F3N6O3S2. The van der Waals surface area contributed by atoms with Crippen LogP contribution in [0.15, 0.2) is 78.0 Å². The van der Waals surface area contributed by atoms with Gasteiger partial charge in [0.1, 0.15) is 17.8 Å². The average molecular weight is 683 g/mol. The number of amidine groups is 1. The lowest BCUT2D eigenvalue weighted by molar-refractivity contribution is -0.274. The summed E-state index contributed by atoms with van der Waals surface area (Å²) in [5.41, 5.74) is 4.28. The number of nitrogens with one attached hydrogen (secondary N) is 1. The van der Waals surface area contributed by atoms with Gasteiger partial charge >= 0.3 is 6.36 Å². The van der Waals surface area contributed by atoms with Crippen molar-refractivity contribution in [2.24, 2.45) is 4.99 Å². The van der Waals surface area contributed by atoms with E-state index in [1.165, 1.54) is 47.0 Å². The predicted octanol–water partition coefficient (Wildman–Crippen LogP) is 7.30. The molecule has 1 aliphatic rings. The lowest BCUT2D eigenvalue weighted by Gasteiger charge is -2.22. The molecule has 1 aliphatic heterocycles. The number of amides is 1. The SMILES string of the molecule is COc1ccc(C(C)C)c(N2C(=O)CS/C2=N\C(=S)NCCCCc2cccc(-c3ncn(-c4ccc(OC(F)(F)F)cc4)n3)c2)c1. The molecule has 0 atom stereocenters. The monoisotopic (exact) mass is 682 g/mol. The lowest BCUT2D eigenvalue weighted by atomic mass is 10.00. The molecule has 0 aliphatic carbocycles. The summed E-state index contributed by atoms with van der Waals surface area (Å²) in [7, 11) is 1.60. The third kappa shape index (κ3) is 8.89. The maximum atomic E-state index is 12.9. The number of benzene rings is 3. The van der Waals surface area contributed by atoms with E-state index >= 15 is 0 Å². The van der Waals surface area contributed by atoms with E-state index in [0.717, 1.165) is 41.6 Å². The molecule has 0 saturated carbocycles. The first-order valence-electron chi connectivity index (χ1n) is 14.9. The molecule has 0 spiro atoms. The molecule has 14 heteroatoms. The number of anilines is 1. The number of halogens is 3. The molecule has 1 N–H and O–H groups in total. The summed E-state index contributed by atoms with van der Waals surface area (Å²) in [5.74, 6) is 1.30. The van der Waals surface area contributed by atoms with Crippen LogP contribution in [0.1, 0.15) is 43.7 Å². The van der Waals surface area contributed by atoms with Crippen LogP contribution in [0.3, 0.4) is 0 Å². The highest BCUT2D eigenvalue weighted by molar-refractivity contribution is 8.15. The van der Waals surface area contributed by atoms with Crippen LogP contribution in [0.5, 0.6) is 11.5 Å². The number of aliphatic imine (C=N–C) groups is 1. The summed E-state index contributed by atoms with van der Waals surface area (Å²) in [5, 5.41) is 8.56. The Kier molecular flexibility index (Phi) is 10.8. The lowest BCUT2D eigenvalue weighted by Crippen LogP contribution is -2.32. The van der Waals surface area contributed by atoms with E-state index in [1.807, 2.05) is 42.5 Å². The molecule has 1 amide bonds. The van der Waals surface area contributed by atoms with Gasteiger partial charge in [-0.1, -0.05) is 49.9 Å². The Labute approximate surface area is 280 Å². The van der Waals surface area contributed by atoms with Gasteiger partial charge in [0.15, 0.2) is 16.1 Å². The Balaban J connectivity index is 1.13. The number of ether oxygens (including phenoxy) is 2. The molecular weight excluding hydrogens is 650 g/mol. The fourth-order valence-electron chi connectivity index (χ4n) is 4.98. The number of carbonyl (C=O) groups is 1. The Morgan fingerprint density at radius 2 is 1.85 bits per heavy atom. The fraction of sp³-hybridized carbons (Fsp3) is 0.303. The van der Waals surface area contributed by atoms with Crippen molar-refractivity contribution in [3.63, 3.8) is 0 Å². The minimum absolute atomic E-state index is 0.0514. The van der Waals surface area contributed by atoms with Gasteiger partial charge in [0.2, 0.25) is 5.91 Å². The van der Waals surface area contributed by atoms with E-state index in [1.54, 1.807) is 12.0 Å². The molecule has 4 aromatic rings. The third-order valence-electron chi connectivity index (χ3n) is 7.24. The highest BCUT2D eigenvalue weighted by Gasteiger charge is 2.33. The molecule has 5 rings (SSSR count). The van der Waals surface area contributed by atoms with Crippen LogP contribution < -0.4 is 19.7 Å². The summed E-state index contributed by atoms with van der Waals surface area (Å²) in [6.07, 6.45) is -0.672. The molecule has 47 heavy (non-hydrogen) atoms. The summed E-state index contributed by atoms with van der Waals surface area (Å²) in [6.45, 7) is 4.78. The average Bonchev–Trinajstić information content (AvgIpc) is 3.67. The van der Waals surface area contributed by atoms with Gasteiger partial charge in [-0.25, -0.2) is 9.67 Å². The van der Waals surface area contributed by atoms with Gasteiger partial charge < -0.3 is 14.8 Å². The van der Waals surface area contributed by atoms with E-state index < -0.39 is 6.36 Å². The largest absolute Gasteiger partial charge is 0.573 e. The highest BCUT2D eigenvalue weighted by Crippen LogP contribution is 2.36. The zero-order valence-electron chi connectivity index (χ0n) is 26.0. The number of hydrogen-bond donors (Lipinski definition) is 1. The molecule has 1 aromatic heterocycles. The number of alkyl halides is 3. The second-order valence-electron chi connectivity index (χ2n) is 10.9. The fourth-order valence-corrected chi connectivity index (χ4v) is 6.09. The molecule has 1 fully saturated rings. The van der Waals surface area contributed by atoms with Crippen LogP contribution in [-0.2, 0) is 11.2 Å². The number of nitrogens with zero attached hydrogens (tertiary/aromatic N) is 5. The molecule has 246 valence electrons. The maximum absolute atomic E-state index is 12.9. The van der Waals surface area contributed by atoms with Crippen molar-refractivity contribution < 1.29 is 27.4 Å². The van der Waals surface area contributed by atoms with Crippen molar-refractivity contribution in [3.8, 4) is 28.6 Å². The maximum Gasteiger partial charge on any atom is 0.573 e. The first kappa shape index (κ1) is 33.9. The number of hydrogen-bond acceptors (Lipinski definition) is 7. The quantitative estimate of drug-likeness (QED) is 0.130. The minimum atomic E-state index is -4.75. The van der Waals surface area contributed by atoms with E-state index in [4.69, 9.17) is 17.0 Å². The van der Waals surface area contributed by atoms with Crippen molar-refractivity contribution in [1.82, 2.24) is 20.1 Å². The number of methoxy groups -OCH3 is 1. The standard InChI is InChI=1S/C33H33F3N6O3S2/c1-21(2)27-15-14-26(44-3)18-28(27)42-29(43)19-47-32(42)39-31(46)37-16-5-4-7-22-8-6-9-23(17-22)30-38-20-41(40-30)24-10-12-25(13-11-24)45-33(34,35)36/h6,8-15,17-18,20-21H,4-5,7,16,19H2,1-3H3,(H,37,46)/b39-32-. The van der Waals surface area contributed by atoms with E-state index in [9.17, 15) is 18.0 Å². The van der Waals surface area contributed by atoms with E-state index in [2.05, 4.69) is 39.0 Å². The molecule has 0 bridgehead atoms. The van der Waals surface area contributed by atoms with Crippen molar-refractivity contribution >= 4 is 45.9 Å². The topological polar surface area (TPSA) is 93.9 Å². The van der Waals surface area contributed by atoms with E-state index in [0.29, 0.717) is 39.8 Å². The summed E-state index contributed by atoms with van der Waals surface area (Å²) in [4.78, 5) is 23.5. The Morgan fingerprint density at radius 1 is 1.09 bits per heavy atom. The van der Waals surface area contributed by atoms with Gasteiger partial charge in [-0.3, -0.25) is 9.69 Å². The minimum Gasteiger partial charge on any atom is -0.497 e. The highest BCUT2D eigenvalue weighted by atomic mass is 32.2. The van der Waals surface area contributed by atoms with Crippen LogP contribution in [0.4, 0.5) is 18.9 Å². The van der Waals surface area contributed by atoms with Crippen molar-refractivity contribution in [2.75, 3.05) is 24.3 Å². The smallest absolute Gasteiger partial charge is 0.497 e. The normalized spacial score (nSPS) is 14.2. The van der Waals surface area contributed by atoms with Crippen LogP contribution in [0.2, 0.25) is 0 Å². The second-order valence-corrected chi connectivity index (χ2v) is 12.3. The second kappa shape index (κ2) is 15.0.